The normalized spacial score (nSPS) is 19.0. The molecule has 0 radical (unpaired) electrons. The molecule has 1 saturated heterocycles. The van der Waals surface area contributed by atoms with E-state index in [9.17, 15) is 4.79 Å². The molecule has 3 aliphatic rings. The molecule has 0 N–H and O–H groups in total. The van der Waals surface area contributed by atoms with Crippen LogP contribution < -0.4 is 9.80 Å². The highest BCUT2D eigenvalue weighted by atomic mass is 16.2. The second-order valence-electron chi connectivity index (χ2n) is 10.3. The fraction of sp³-hybridized carbons (Fsp3) is 0.433. The summed E-state index contributed by atoms with van der Waals surface area (Å²) in [6.45, 7) is 6.43. The number of benzene rings is 3. The van der Waals surface area contributed by atoms with Crippen LogP contribution in [-0.2, 0) is 6.42 Å². The van der Waals surface area contributed by atoms with Gasteiger partial charge in [-0.2, -0.15) is 0 Å². The van der Waals surface area contributed by atoms with Crippen molar-refractivity contribution in [2.45, 2.75) is 38.5 Å². The maximum atomic E-state index is 13.2. The lowest BCUT2D eigenvalue weighted by Gasteiger charge is -2.31. The second kappa shape index (κ2) is 9.42. The van der Waals surface area contributed by atoms with E-state index in [2.05, 4.69) is 69.3 Å². The molecule has 0 unspecified atom stereocenters. The van der Waals surface area contributed by atoms with Crippen molar-refractivity contribution < 1.29 is 4.79 Å². The molecule has 2 aliphatic heterocycles. The number of aryl methyl sites for hydroxylation is 1. The van der Waals surface area contributed by atoms with Gasteiger partial charge in [-0.1, -0.05) is 48.9 Å². The summed E-state index contributed by atoms with van der Waals surface area (Å²) < 4.78 is 0. The smallest absolute Gasteiger partial charge is 0.259 e. The minimum Gasteiger partial charge on any atom is -0.370 e. The largest absolute Gasteiger partial charge is 0.370 e. The summed E-state index contributed by atoms with van der Waals surface area (Å²) in [6.07, 6.45) is 7.38. The molecule has 0 aromatic heterocycles. The molecule has 2 heterocycles. The Morgan fingerprint density at radius 2 is 1.65 bits per heavy atom. The van der Waals surface area contributed by atoms with Crippen LogP contribution in [0.15, 0.2) is 60.7 Å². The van der Waals surface area contributed by atoms with Crippen molar-refractivity contribution in [1.82, 2.24) is 4.90 Å². The summed E-state index contributed by atoms with van der Waals surface area (Å²) in [4.78, 5) is 20.5. The topological polar surface area (TPSA) is 26.8 Å². The van der Waals surface area contributed by atoms with Crippen LogP contribution in [0.25, 0.3) is 10.8 Å². The minimum atomic E-state index is 0.199. The van der Waals surface area contributed by atoms with Crippen LogP contribution >= 0.6 is 0 Å². The van der Waals surface area contributed by atoms with E-state index in [-0.39, 0.29) is 5.91 Å². The number of carbonyl (C=O) groups excluding carboxylic acids is 1. The molecule has 4 nitrogen and oxygen atoms in total. The third-order valence-corrected chi connectivity index (χ3v) is 8.14. The number of hydrogen-bond acceptors (Lipinski definition) is 3. The number of hydrogen-bond donors (Lipinski definition) is 0. The van der Waals surface area contributed by atoms with Crippen molar-refractivity contribution in [3.63, 3.8) is 0 Å². The first kappa shape index (κ1) is 21.7. The van der Waals surface area contributed by atoms with Gasteiger partial charge in [-0.05, 0) is 74.9 Å². The summed E-state index contributed by atoms with van der Waals surface area (Å²) in [5, 5.41) is 2.42. The van der Waals surface area contributed by atoms with Gasteiger partial charge in [-0.3, -0.25) is 4.79 Å². The molecular weight excluding hydrogens is 418 g/mol. The number of amides is 1. The number of rotatable bonds is 7. The fourth-order valence-corrected chi connectivity index (χ4v) is 6.01. The lowest BCUT2D eigenvalue weighted by atomic mass is 9.85. The zero-order valence-electron chi connectivity index (χ0n) is 20.1. The molecule has 34 heavy (non-hydrogen) atoms. The van der Waals surface area contributed by atoms with Gasteiger partial charge in [0, 0.05) is 48.2 Å². The highest BCUT2D eigenvalue weighted by Gasteiger charge is 2.33. The third kappa shape index (κ3) is 4.09. The van der Waals surface area contributed by atoms with Crippen molar-refractivity contribution >= 4 is 28.1 Å². The summed E-state index contributed by atoms with van der Waals surface area (Å²) in [5.41, 5.74) is 4.76. The third-order valence-electron chi connectivity index (χ3n) is 8.14. The summed E-state index contributed by atoms with van der Waals surface area (Å²) >= 11 is 0. The number of anilines is 2. The maximum absolute atomic E-state index is 13.2. The molecule has 6 rings (SSSR count). The molecule has 1 saturated carbocycles. The van der Waals surface area contributed by atoms with E-state index >= 15 is 0 Å². The molecule has 0 spiro atoms. The Bertz CT molecular complexity index is 1170. The highest BCUT2D eigenvalue weighted by molar-refractivity contribution is 6.26. The summed E-state index contributed by atoms with van der Waals surface area (Å²) in [7, 11) is 0. The Hall–Kier alpha value is -2.85. The molecule has 3 aromatic carbocycles. The van der Waals surface area contributed by atoms with E-state index in [1.54, 1.807) is 0 Å². The fourth-order valence-electron chi connectivity index (χ4n) is 6.01. The lowest BCUT2D eigenvalue weighted by molar-refractivity contribution is 0.0984. The minimum absolute atomic E-state index is 0.199. The lowest BCUT2D eigenvalue weighted by Crippen LogP contribution is -2.34. The van der Waals surface area contributed by atoms with Gasteiger partial charge in [0.1, 0.15) is 0 Å². The van der Waals surface area contributed by atoms with Gasteiger partial charge in [-0.25, -0.2) is 0 Å². The van der Waals surface area contributed by atoms with Crippen molar-refractivity contribution in [2.75, 3.05) is 49.1 Å². The number of nitrogens with zero attached hydrogens (tertiary/aromatic N) is 3. The summed E-state index contributed by atoms with van der Waals surface area (Å²) in [5.74, 6) is 0.872. The van der Waals surface area contributed by atoms with Gasteiger partial charge in [0.05, 0.1) is 5.69 Å². The van der Waals surface area contributed by atoms with Crippen LogP contribution in [0.3, 0.4) is 0 Å². The van der Waals surface area contributed by atoms with Crippen LogP contribution in [0.1, 0.15) is 48.0 Å². The molecule has 0 atom stereocenters. The predicted octanol–water partition coefficient (Wildman–Crippen LogP) is 5.75. The molecule has 2 fully saturated rings. The van der Waals surface area contributed by atoms with Gasteiger partial charge < -0.3 is 14.7 Å². The predicted molar refractivity (Wildman–Crippen MR) is 141 cm³/mol. The molecular formula is C30H35N3O. The van der Waals surface area contributed by atoms with Crippen molar-refractivity contribution in [2.24, 2.45) is 5.92 Å². The zero-order chi connectivity index (χ0) is 22.9. The van der Waals surface area contributed by atoms with Gasteiger partial charge >= 0.3 is 0 Å². The first-order valence-electron chi connectivity index (χ1n) is 13.2. The molecule has 176 valence electrons. The van der Waals surface area contributed by atoms with E-state index in [0.29, 0.717) is 5.92 Å². The maximum Gasteiger partial charge on any atom is 0.259 e. The van der Waals surface area contributed by atoms with Crippen molar-refractivity contribution in [1.29, 1.82) is 0 Å². The quantitative estimate of drug-likeness (QED) is 0.456. The Morgan fingerprint density at radius 1 is 0.794 bits per heavy atom. The Morgan fingerprint density at radius 3 is 2.47 bits per heavy atom. The van der Waals surface area contributed by atoms with E-state index in [0.717, 1.165) is 50.4 Å². The Labute approximate surface area is 203 Å². The average Bonchev–Trinajstić information content (AvgIpc) is 2.98. The summed E-state index contributed by atoms with van der Waals surface area (Å²) in [6, 6.07) is 21.6. The molecule has 3 aromatic rings. The van der Waals surface area contributed by atoms with Gasteiger partial charge in [0.15, 0.2) is 0 Å². The van der Waals surface area contributed by atoms with Crippen LogP contribution in [0.4, 0.5) is 11.4 Å². The van der Waals surface area contributed by atoms with Crippen LogP contribution in [-0.4, -0.2) is 50.1 Å². The van der Waals surface area contributed by atoms with Gasteiger partial charge in [0.2, 0.25) is 0 Å². The Balaban J connectivity index is 1.16. The van der Waals surface area contributed by atoms with Crippen molar-refractivity contribution in [3.8, 4) is 0 Å². The Kier molecular flexibility index (Phi) is 6.00. The van der Waals surface area contributed by atoms with Crippen LogP contribution in [0.5, 0.6) is 0 Å². The van der Waals surface area contributed by atoms with Crippen LogP contribution in [0, 0.1) is 5.92 Å². The van der Waals surface area contributed by atoms with Gasteiger partial charge in [0.25, 0.3) is 5.91 Å². The standard InChI is InChI=1S/C30H35N3O/c34-30-26-14-5-13-25-27(15-16-28(29(25)26)33(30)22-24-10-4-11-24)32-19-7-18-31(20-21-32)17-6-12-23-8-2-1-3-9-23/h1-3,5,8-9,13-16,24H,4,6-7,10-12,17-22H2. The number of carbonyl (C=O) groups is 1. The average molecular weight is 454 g/mol. The first-order chi connectivity index (χ1) is 16.8. The van der Waals surface area contributed by atoms with E-state index in [1.807, 2.05) is 6.07 Å². The molecule has 0 bridgehead atoms. The van der Waals surface area contributed by atoms with Crippen LogP contribution in [0.2, 0.25) is 0 Å². The SMILES string of the molecule is O=C1c2cccc3c(N4CCCN(CCCc5ccccc5)CC4)ccc(c23)N1CC1CCC1. The molecule has 1 aliphatic carbocycles. The van der Waals surface area contributed by atoms with Crippen molar-refractivity contribution in [3.05, 3.63) is 71.8 Å². The molecule has 1 amide bonds. The van der Waals surface area contributed by atoms with Gasteiger partial charge in [-0.15, -0.1) is 0 Å². The van der Waals surface area contributed by atoms with E-state index in [4.69, 9.17) is 0 Å². The second-order valence-corrected chi connectivity index (χ2v) is 10.3. The highest BCUT2D eigenvalue weighted by Crippen LogP contribution is 2.43. The zero-order valence-corrected chi connectivity index (χ0v) is 20.1. The first-order valence-corrected chi connectivity index (χ1v) is 13.2. The molecule has 4 heteroatoms. The van der Waals surface area contributed by atoms with E-state index < -0.39 is 0 Å². The monoisotopic (exact) mass is 453 g/mol. The van der Waals surface area contributed by atoms with E-state index in [1.165, 1.54) is 60.7 Å².